The number of likely N-dealkylation sites (N-methyl/N-ethyl adjacent to an activating group) is 1. The van der Waals surface area contributed by atoms with Gasteiger partial charge in [0.05, 0.1) is 0 Å². The Bertz CT molecular complexity index is 412. The van der Waals surface area contributed by atoms with Gasteiger partial charge in [-0.05, 0) is 13.3 Å². The number of rotatable bonds is 2. The van der Waals surface area contributed by atoms with E-state index >= 15 is 0 Å². The van der Waals surface area contributed by atoms with E-state index in [9.17, 15) is 14.4 Å². The average molecular weight is 269 g/mol. The van der Waals surface area contributed by atoms with Crippen molar-refractivity contribution in [1.82, 2.24) is 14.7 Å². The molecule has 2 heterocycles. The number of hydrogen-bond donors (Lipinski definition) is 1. The first-order valence-corrected chi connectivity index (χ1v) is 6.46. The van der Waals surface area contributed by atoms with Gasteiger partial charge in [-0.3, -0.25) is 4.79 Å². The first kappa shape index (κ1) is 13.6. The maximum Gasteiger partial charge on any atom is 0.326 e. The van der Waals surface area contributed by atoms with Crippen LogP contribution in [0.1, 0.15) is 19.8 Å². The van der Waals surface area contributed by atoms with E-state index in [-0.39, 0.29) is 18.0 Å². The van der Waals surface area contributed by atoms with E-state index in [0.29, 0.717) is 26.1 Å². The summed E-state index contributed by atoms with van der Waals surface area (Å²) in [5.74, 6) is -0.866. The number of aliphatic carboxylic acids is 1. The maximum absolute atomic E-state index is 12.2. The lowest BCUT2D eigenvalue weighted by molar-refractivity contribution is -0.141. The van der Waals surface area contributed by atoms with Crippen molar-refractivity contribution >= 4 is 17.9 Å². The van der Waals surface area contributed by atoms with Gasteiger partial charge in [-0.2, -0.15) is 0 Å². The normalized spacial score (nSPS) is 24.1. The molecule has 106 valence electrons. The standard InChI is InChI=1S/C12H19N3O4/c1-8(11(17)18)13(2)12(19)14-5-6-15-9(7-14)3-4-10(15)16/h8-9H,3-7H2,1-2H3,(H,17,18). The van der Waals surface area contributed by atoms with E-state index in [2.05, 4.69) is 0 Å². The fraction of sp³-hybridized carbons (Fsp3) is 0.750. The van der Waals surface area contributed by atoms with Crippen molar-refractivity contribution in [1.29, 1.82) is 0 Å². The molecule has 3 amide bonds. The minimum absolute atomic E-state index is 0.0961. The lowest BCUT2D eigenvalue weighted by atomic mass is 10.1. The van der Waals surface area contributed by atoms with E-state index in [4.69, 9.17) is 5.11 Å². The van der Waals surface area contributed by atoms with Crippen LogP contribution in [0.3, 0.4) is 0 Å². The first-order chi connectivity index (χ1) is 8.91. The monoisotopic (exact) mass is 269 g/mol. The molecule has 0 saturated carbocycles. The quantitative estimate of drug-likeness (QED) is 0.754. The Labute approximate surface area is 111 Å². The Hall–Kier alpha value is -1.79. The fourth-order valence-corrected chi connectivity index (χ4v) is 2.59. The van der Waals surface area contributed by atoms with Crippen molar-refractivity contribution < 1.29 is 19.5 Å². The predicted octanol–water partition coefficient (Wildman–Crippen LogP) is -0.182. The molecular formula is C12H19N3O4. The van der Waals surface area contributed by atoms with Crippen molar-refractivity contribution in [2.24, 2.45) is 0 Å². The molecule has 2 aliphatic rings. The molecule has 1 N–H and O–H groups in total. The number of nitrogens with zero attached hydrogens (tertiary/aromatic N) is 3. The minimum atomic E-state index is -1.02. The number of urea groups is 1. The van der Waals surface area contributed by atoms with E-state index in [1.165, 1.54) is 18.9 Å². The van der Waals surface area contributed by atoms with Gasteiger partial charge in [0, 0.05) is 39.1 Å². The van der Waals surface area contributed by atoms with Crippen LogP contribution in [-0.2, 0) is 9.59 Å². The van der Waals surface area contributed by atoms with Crippen molar-refractivity contribution in [3.05, 3.63) is 0 Å². The second-order valence-electron chi connectivity index (χ2n) is 5.13. The van der Waals surface area contributed by atoms with E-state index in [1.54, 1.807) is 4.90 Å². The van der Waals surface area contributed by atoms with Gasteiger partial charge < -0.3 is 19.8 Å². The molecule has 0 bridgehead atoms. The van der Waals surface area contributed by atoms with Crippen molar-refractivity contribution in [3.8, 4) is 0 Å². The SMILES string of the molecule is CC(C(=O)O)N(C)C(=O)N1CCN2C(=O)CCC2C1. The lowest BCUT2D eigenvalue weighted by Gasteiger charge is -2.39. The number of piperazine rings is 1. The summed E-state index contributed by atoms with van der Waals surface area (Å²) in [7, 11) is 1.49. The van der Waals surface area contributed by atoms with Gasteiger partial charge in [0.25, 0.3) is 0 Å². The van der Waals surface area contributed by atoms with Crippen molar-refractivity contribution in [2.45, 2.75) is 31.8 Å². The van der Waals surface area contributed by atoms with Gasteiger partial charge in [0.2, 0.25) is 5.91 Å². The number of fused-ring (bicyclic) bond motifs is 1. The van der Waals surface area contributed by atoms with Gasteiger partial charge in [0.15, 0.2) is 0 Å². The topological polar surface area (TPSA) is 81.2 Å². The highest BCUT2D eigenvalue weighted by atomic mass is 16.4. The van der Waals surface area contributed by atoms with Crippen LogP contribution >= 0.6 is 0 Å². The van der Waals surface area contributed by atoms with E-state index in [0.717, 1.165) is 6.42 Å². The number of carbonyl (C=O) groups is 3. The smallest absolute Gasteiger partial charge is 0.326 e. The van der Waals surface area contributed by atoms with Crippen LogP contribution in [-0.4, -0.2) is 76.5 Å². The summed E-state index contributed by atoms with van der Waals surface area (Å²) in [6.45, 7) is 3.00. The Morgan fingerprint density at radius 1 is 1.42 bits per heavy atom. The summed E-state index contributed by atoms with van der Waals surface area (Å²) in [6, 6.07) is -1.04. The molecule has 7 heteroatoms. The number of hydrogen-bond acceptors (Lipinski definition) is 3. The van der Waals surface area contributed by atoms with E-state index < -0.39 is 12.0 Å². The van der Waals surface area contributed by atoms with E-state index in [1.807, 2.05) is 4.90 Å². The summed E-state index contributed by atoms with van der Waals surface area (Å²) < 4.78 is 0. The van der Waals surface area contributed by atoms with Gasteiger partial charge in [-0.25, -0.2) is 9.59 Å². The number of amides is 3. The summed E-state index contributed by atoms with van der Waals surface area (Å²) in [5, 5.41) is 8.92. The molecule has 0 radical (unpaired) electrons. The summed E-state index contributed by atoms with van der Waals surface area (Å²) in [6.07, 6.45) is 1.33. The third-order valence-corrected chi connectivity index (χ3v) is 4.01. The zero-order valence-corrected chi connectivity index (χ0v) is 11.2. The Kier molecular flexibility index (Phi) is 3.64. The molecule has 2 fully saturated rings. The molecule has 2 rings (SSSR count). The Morgan fingerprint density at radius 2 is 2.11 bits per heavy atom. The summed E-state index contributed by atoms with van der Waals surface area (Å²) >= 11 is 0. The highest BCUT2D eigenvalue weighted by molar-refractivity contribution is 5.83. The van der Waals surface area contributed by atoms with Crippen LogP contribution in [0.2, 0.25) is 0 Å². The highest BCUT2D eigenvalue weighted by Crippen LogP contribution is 2.23. The number of carboxylic acids is 1. The van der Waals surface area contributed by atoms with Crippen LogP contribution in [0.15, 0.2) is 0 Å². The predicted molar refractivity (Wildman–Crippen MR) is 66.6 cm³/mol. The zero-order chi connectivity index (χ0) is 14.2. The maximum atomic E-state index is 12.2. The van der Waals surface area contributed by atoms with Gasteiger partial charge in [0.1, 0.15) is 6.04 Å². The molecule has 0 aliphatic carbocycles. The van der Waals surface area contributed by atoms with Crippen molar-refractivity contribution in [3.63, 3.8) is 0 Å². The average Bonchev–Trinajstić information content (AvgIpc) is 2.77. The second-order valence-corrected chi connectivity index (χ2v) is 5.13. The van der Waals surface area contributed by atoms with Crippen LogP contribution in [0.25, 0.3) is 0 Å². The largest absolute Gasteiger partial charge is 0.480 e. The van der Waals surface area contributed by atoms with Crippen molar-refractivity contribution in [2.75, 3.05) is 26.7 Å². The molecular weight excluding hydrogens is 250 g/mol. The third-order valence-electron chi connectivity index (χ3n) is 4.01. The van der Waals surface area contributed by atoms with Crippen LogP contribution < -0.4 is 0 Å². The van der Waals surface area contributed by atoms with Gasteiger partial charge in [-0.15, -0.1) is 0 Å². The molecule has 2 aliphatic heterocycles. The molecule has 7 nitrogen and oxygen atoms in total. The molecule has 0 spiro atoms. The number of carboxylic acid groups (broad SMARTS) is 1. The molecule has 0 aromatic carbocycles. The van der Waals surface area contributed by atoms with Crippen LogP contribution in [0.4, 0.5) is 4.79 Å². The van der Waals surface area contributed by atoms with Crippen LogP contribution in [0.5, 0.6) is 0 Å². The molecule has 2 saturated heterocycles. The number of carbonyl (C=O) groups excluding carboxylic acids is 2. The highest BCUT2D eigenvalue weighted by Gasteiger charge is 2.38. The summed E-state index contributed by atoms with van der Waals surface area (Å²) in [5.41, 5.74) is 0. The second kappa shape index (κ2) is 5.07. The first-order valence-electron chi connectivity index (χ1n) is 6.46. The molecule has 19 heavy (non-hydrogen) atoms. The molecule has 2 atom stereocenters. The molecule has 0 aromatic heterocycles. The zero-order valence-electron chi connectivity index (χ0n) is 11.2. The molecule has 2 unspecified atom stereocenters. The minimum Gasteiger partial charge on any atom is -0.480 e. The summed E-state index contributed by atoms with van der Waals surface area (Å²) in [4.78, 5) is 39.3. The fourth-order valence-electron chi connectivity index (χ4n) is 2.59. The Balaban J connectivity index is 1.98. The van der Waals surface area contributed by atoms with Crippen LogP contribution in [0, 0.1) is 0 Å². The Morgan fingerprint density at radius 3 is 2.74 bits per heavy atom. The van der Waals surface area contributed by atoms with Gasteiger partial charge in [-0.1, -0.05) is 0 Å². The molecule has 0 aromatic rings. The lowest BCUT2D eigenvalue weighted by Crippen LogP contribution is -2.57. The van der Waals surface area contributed by atoms with Gasteiger partial charge >= 0.3 is 12.0 Å². The third kappa shape index (κ3) is 2.50.